The molecule has 0 fully saturated rings. The molecule has 1 heterocycles. The highest BCUT2D eigenvalue weighted by Crippen LogP contribution is 2.25. The van der Waals surface area contributed by atoms with Crippen molar-refractivity contribution >= 4 is 11.8 Å². The lowest BCUT2D eigenvalue weighted by Gasteiger charge is -2.19. The van der Waals surface area contributed by atoms with Gasteiger partial charge in [0.05, 0.1) is 5.69 Å². The van der Waals surface area contributed by atoms with Crippen molar-refractivity contribution in [2.75, 3.05) is 0 Å². The zero-order valence-electron chi connectivity index (χ0n) is 19.0. The fourth-order valence-electron chi connectivity index (χ4n) is 3.54. The fraction of sp³-hybridized carbons (Fsp3) is 0.385. The summed E-state index contributed by atoms with van der Waals surface area (Å²) in [5.41, 5.74) is 6.87. The normalized spacial score (nSPS) is 11.7. The average Bonchev–Trinajstić information content (AvgIpc) is 2.70. The highest BCUT2D eigenvalue weighted by Gasteiger charge is 2.16. The lowest BCUT2D eigenvalue weighted by Crippen LogP contribution is -2.26. The van der Waals surface area contributed by atoms with Gasteiger partial charge in [-0.2, -0.15) is 0 Å². The first-order valence-electron chi connectivity index (χ1n) is 10.6. The minimum atomic E-state index is 0.0638. The van der Waals surface area contributed by atoms with Crippen LogP contribution in [0.5, 0.6) is 0 Å². The van der Waals surface area contributed by atoms with Crippen LogP contribution in [0.15, 0.2) is 58.5 Å². The van der Waals surface area contributed by atoms with Crippen LogP contribution in [-0.4, -0.2) is 9.55 Å². The number of benzene rings is 2. The molecule has 4 heteroatoms. The number of aryl methyl sites for hydroxylation is 2. The maximum absolute atomic E-state index is 13.1. The number of thioether (sulfide) groups is 1. The summed E-state index contributed by atoms with van der Waals surface area (Å²) in [5.74, 6) is 0.797. The van der Waals surface area contributed by atoms with Gasteiger partial charge in [-0.15, -0.1) is 0 Å². The average molecular weight is 421 g/mol. The van der Waals surface area contributed by atoms with Gasteiger partial charge in [-0.05, 0) is 35.4 Å². The largest absolute Gasteiger partial charge is 0.291 e. The Morgan fingerprint density at radius 3 is 2.33 bits per heavy atom. The second kappa shape index (κ2) is 9.22. The van der Waals surface area contributed by atoms with E-state index < -0.39 is 0 Å². The molecule has 30 heavy (non-hydrogen) atoms. The Balaban J connectivity index is 1.82. The lowest BCUT2D eigenvalue weighted by atomic mass is 9.87. The van der Waals surface area contributed by atoms with E-state index in [9.17, 15) is 4.79 Å². The molecule has 0 N–H and O–H groups in total. The molecule has 2 aromatic carbocycles. The van der Waals surface area contributed by atoms with Crippen molar-refractivity contribution in [1.29, 1.82) is 0 Å². The summed E-state index contributed by atoms with van der Waals surface area (Å²) in [5, 5.41) is 0.782. The summed E-state index contributed by atoms with van der Waals surface area (Å²) in [4.78, 5) is 18.0. The Bertz CT molecular complexity index is 1080. The fourth-order valence-corrected chi connectivity index (χ4v) is 4.48. The predicted octanol–water partition coefficient (Wildman–Crippen LogP) is 5.83. The zero-order valence-corrected chi connectivity index (χ0v) is 19.8. The minimum Gasteiger partial charge on any atom is -0.291 e. The van der Waals surface area contributed by atoms with E-state index in [1.165, 1.54) is 16.7 Å². The van der Waals surface area contributed by atoms with Gasteiger partial charge in [0.2, 0.25) is 0 Å². The Labute approximate surface area is 184 Å². The molecule has 1 aromatic heterocycles. The highest BCUT2D eigenvalue weighted by molar-refractivity contribution is 7.98. The molecule has 3 aromatic rings. The van der Waals surface area contributed by atoms with E-state index in [1.807, 2.05) is 13.1 Å². The van der Waals surface area contributed by atoms with E-state index in [-0.39, 0.29) is 11.0 Å². The molecule has 0 radical (unpaired) electrons. The van der Waals surface area contributed by atoms with Crippen LogP contribution in [0, 0.1) is 6.92 Å². The zero-order chi connectivity index (χ0) is 21.9. The molecule has 0 aliphatic heterocycles. The van der Waals surface area contributed by atoms with Gasteiger partial charge in [-0.3, -0.25) is 9.36 Å². The van der Waals surface area contributed by atoms with Gasteiger partial charge in [-0.1, -0.05) is 93.6 Å². The number of aromatic nitrogens is 2. The SMILES string of the molecule is CCc1nc(SCc2ccc(C(C)(C)C)cc2)n(C)c(=O)c1Cc1cccc(C)c1. The van der Waals surface area contributed by atoms with Crippen molar-refractivity contribution in [3.05, 3.63) is 92.4 Å². The quantitative estimate of drug-likeness (QED) is 0.372. The van der Waals surface area contributed by atoms with Crippen LogP contribution in [0.25, 0.3) is 0 Å². The third kappa shape index (κ3) is 5.23. The molecule has 0 aliphatic carbocycles. The number of nitrogens with zero attached hydrogens (tertiary/aromatic N) is 2. The maximum atomic E-state index is 13.1. The van der Waals surface area contributed by atoms with Crippen molar-refractivity contribution < 1.29 is 0 Å². The first-order valence-corrected chi connectivity index (χ1v) is 11.5. The molecule has 3 nitrogen and oxygen atoms in total. The van der Waals surface area contributed by atoms with E-state index in [1.54, 1.807) is 16.3 Å². The van der Waals surface area contributed by atoms with Crippen LogP contribution in [0.2, 0.25) is 0 Å². The van der Waals surface area contributed by atoms with E-state index in [0.717, 1.165) is 34.2 Å². The summed E-state index contributed by atoms with van der Waals surface area (Å²) in [6.07, 6.45) is 1.38. The van der Waals surface area contributed by atoms with E-state index in [4.69, 9.17) is 4.98 Å². The molecule has 0 aliphatic rings. The molecule has 0 unspecified atom stereocenters. The van der Waals surface area contributed by atoms with E-state index in [2.05, 4.69) is 77.1 Å². The van der Waals surface area contributed by atoms with E-state index >= 15 is 0 Å². The first kappa shape index (κ1) is 22.4. The molecule has 158 valence electrons. The topological polar surface area (TPSA) is 34.9 Å². The van der Waals surface area contributed by atoms with Gasteiger partial charge < -0.3 is 0 Å². The van der Waals surface area contributed by atoms with Crippen molar-refractivity contribution in [1.82, 2.24) is 9.55 Å². The molecule has 0 spiro atoms. The van der Waals surface area contributed by atoms with Gasteiger partial charge in [0.25, 0.3) is 5.56 Å². The Morgan fingerprint density at radius 2 is 1.73 bits per heavy atom. The van der Waals surface area contributed by atoms with Gasteiger partial charge in [-0.25, -0.2) is 4.98 Å². The Morgan fingerprint density at radius 1 is 1.03 bits per heavy atom. The summed E-state index contributed by atoms with van der Waals surface area (Å²) >= 11 is 1.63. The monoisotopic (exact) mass is 420 g/mol. The number of rotatable bonds is 6. The van der Waals surface area contributed by atoms with Crippen molar-refractivity contribution in [3.8, 4) is 0 Å². The smallest absolute Gasteiger partial charge is 0.257 e. The molecule has 0 atom stereocenters. The molecule has 0 bridgehead atoms. The summed E-state index contributed by atoms with van der Waals surface area (Å²) < 4.78 is 1.71. The highest BCUT2D eigenvalue weighted by atomic mass is 32.2. The van der Waals surface area contributed by atoms with Gasteiger partial charge >= 0.3 is 0 Å². The van der Waals surface area contributed by atoms with Crippen LogP contribution in [0.1, 0.15) is 61.2 Å². The molecule has 0 saturated carbocycles. The third-order valence-electron chi connectivity index (χ3n) is 5.41. The van der Waals surface area contributed by atoms with Crippen LogP contribution in [-0.2, 0) is 31.1 Å². The minimum absolute atomic E-state index is 0.0638. The standard InChI is InChI=1S/C26H32N2OS/c1-7-23-22(16-20-10-8-9-18(2)15-20)24(29)28(6)25(27-23)30-17-19-11-13-21(14-12-19)26(3,4)5/h8-15H,7,16-17H2,1-6H3. The Hall–Kier alpha value is -2.33. The molecule has 0 amide bonds. The van der Waals surface area contributed by atoms with Crippen molar-refractivity contribution in [3.63, 3.8) is 0 Å². The molecule has 0 saturated heterocycles. The van der Waals surface area contributed by atoms with Gasteiger partial charge in [0.1, 0.15) is 0 Å². The van der Waals surface area contributed by atoms with Gasteiger partial charge in [0, 0.05) is 24.8 Å². The third-order valence-corrected chi connectivity index (χ3v) is 6.52. The molecular weight excluding hydrogens is 388 g/mol. The number of hydrogen-bond acceptors (Lipinski definition) is 3. The molecular formula is C26H32N2OS. The molecule has 3 rings (SSSR count). The van der Waals surface area contributed by atoms with Crippen LogP contribution in [0.4, 0.5) is 0 Å². The van der Waals surface area contributed by atoms with Crippen molar-refractivity contribution in [2.24, 2.45) is 7.05 Å². The van der Waals surface area contributed by atoms with E-state index in [0.29, 0.717) is 6.42 Å². The maximum Gasteiger partial charge on any atom is 0.257 e. The second-order valence-corrected chi connectivity index (χ2v) is 9.88. The van der Waals surface area contributed by atoms with Crippen LogP contribution < -0.4 is 5.56 Å². The Kier molecular flexibility index (Phi) is 6.87. The summed E-state index contributed by atoms with van der Waals surface area (Å²) in [6.45, 7) is 10.8. The summed E-state index contributed by atoms with van der Waals surface area (Å²) in [7, 11) is 1.83. The van der Waals surface area contributed by atoms with Gasteiger partial charge in [0.15, 0.2) is 5.16 Å². The predicted molar refractivity (Wildman–Crippen MR) is 128 cm³/mol. The van der Waals surface area contributed by atoms with Crippen LogP contribution in [0.3, 0.4) is 0 Å². The second-order valence-electron chi connectivity index (χ2n) is 8.94. The summed E-state index contributed by atoms with van der Waals surface area (Å²) in [6, 6.07) is 17.1. The lowest BCUT2D eigenvalue weighted by molar-refractivity contribution is 0.590. The van der Waals surface area contributed by atoms with Crippen molar-refractivity contribution in [2.45, 2.75) is 63.8 Å². The van der Waals surface area contributed by atoms with Crippen LogP contribution >= 0.6 is 11.8 Å². The number of hydrogen-bond donors (Lipinski definition) is 0. The first-order chi connectivity index (χ1) is 14.2.